The van der Waals surface area contributed by atoms with E-state index in [2.05, 4.69) is 17.8 Å². The molecule has 84 valence electrons. The van der Waals surface area contributed by atoms with Crippen molar-refractivity contribution in [3.05, 3.63) is 17.8 Å². The Morgan fingerprint density at radius 2 is 1.94 bits per heavy atom. The van der Waals surface area contributed by atoms with Gasteiger partial charge in [-0.05, 0) is 11.8 Å². The Labute approximate surface area is 97.9 Å². The summed E-state index contributed by atoms with van der Waals surface area (Å²) in [6.07, 6.45) is 0.787. The molecule has 0 radical (unpaired) electrons. The van der Waals surface area contributed by atoms with Crippen LogP contribution < -0.4 is 9.47 Å². The number of rotatable bonds is 2. The minimum absolute atomic E-state index is 0.580. The number of hydrogen-bond donors (Lipinski definition) is 1. The van der Waals surface area contributed by atoms with Gasteiger partial charge in [0.15, 0.2) is 17.1 Å². The number of benzene rings is 1. The highest BCUT2D eigenvalue weighted by Crippen LogP contribution is 2.35. The van der Waals surface area contributed by atoms with E-state index in [9.17, 15) is 0 Å². The van der Waals surface area contributed by atoms with Crippen LogP contribution in [0, 0.1) is 0 Å². The summed E-state index contributed by atoms with van der Waals surface area (Å²) >= 11 is 4.19. The van der Waals surface area contributed by atoms with Crippen LogP contribution in [-0.4, -0.2) is 24.1 Å². The van der Waals surface area contributed by atoms with Crippen LogP contribution >= 0.6 is 12.6 Å². The molecular weight excluding hydrogens is 226 g/mol. The van der Waals surface area contributed by atoms with Gasteiger partial charge in [-0.25, -0.2) is 0 Å². The monoisotopic (exact) mass is 237 g/mol. The lowest BCUT2D eigenvalue weighted by atomic mass is 10.1. The number of nitrogens with zero attached hydrogens (tertiary/aromatic N) is 1. The van der Waals surface area contributed by atoms with Gasteiger partial charge in [-0.3, -0.25) is 0 Å². The van der Waals surface area contributed by atoms with E-state index in [4.69, 9.17) is 14.0 Å². The molecule has 0 saturated carbocycles. The van der Waals surface area contributed by atoms with E-state index in [1.54, 1.807) is 0 Å². The number of ether oxygens (including phenoxy) is 2. The van der Waals surface area contributed by atoms with Crippen molar-refractivity contribution in [1.29, 1.82) is 0 Å². The first-order valence-electron chi connectivity index (χ1n) is 5.17. The van der Waals surface area contributed by atoms with Crippen LogP contribution in [0.3, 0.4) is 0 Å². The van der Waals surface area contributed by atoms with Crippen LogP contribution in [0.5, 0.6) is 11.5 Å². The zero-order valence-corrected chi connectivity index (χ0v) is 9.50. The summed E-state index contributed by atoms with van der Waals surface area (Å²) in [4.78, 5) is 0. The third kappa shape index (κ3) is 1.51. The molecule has 2 heterocycles. The van der Waals surface area contributed by atoms with E-state index in [1.807, 2.05) is 12.1 Å². The number of fused-ring (bicyclic) bond motifs is 2. The minimum atomic E-state index is 0.580. The van der Waals surface area contributed by atoms with Gasteiger partial charge in [-0.1, -0.05) is 5.16 Å². The first-order valence-corrected chi connectivity index (χ1v) is 5.80. The van der Waals surface area contributed by atoms with Crippen LogP contribution in [0.15, 0.2) is 16.7 Å². The van der Waals surface area contributed by atoms with Crippen molar-refractivity contribution in [2.45, 2.75) is 6.42 Å². The SMILES string of the molecule is SCCc1noc2cc3c(cc12)OCCO3. The Balaban J connectivity index is 2.14. The van der Waals surface area contributed by atoms with Crippen molar-refractivity contribution in [2.75, 3.05) is 19.0 Å². The molecule has 0 spiro atoms. The van der Waals surface area contributed by atoms with Crippen molar-refractivity contribution in [3.63, 3.8) is 0 Å². The summed E-state index contributed by atoms with van der Waals surface area (Å²) in [5.41, 5.74) is 1.66. The highest BCUT2D eigenvalue weighted by atomic mass is 32.1. The van der Waals surface area contributed by atoms with Gasteiger partial charge in [0.1, 0.15) is 13.2 Å². The molecule has 0 unspecified atom stereocenters. The molecule has 1 aromatic carbocycles. The van der Waals surface area contributed by atoms with E-state index >= 15 is 0 Å². The largest absolute Gasteiger partial charge is 0.486 e. The summed E-state index contributed by atoms with van der Waals surface area (Å²) < 4.78 is 16.2. The van der Waals surface area contributed by atoms with Crippen LogP contribution in [-0.2, 0) is 6.42 Å². The molecule has 0 amide bonds. The van der Waals surface area contributed by atoms with Gasteiger partial charge >= 0.3 is 0 Å². The maximum absolute atomic E-state index is 5.52. The average Bonchev–Trinajstić information content (AvgIpc) is 2.70. The van der Waals surface area contributed by atoms with Gasteiger partial charge in [0.05, 0.1) is 5.69 Å². The van der Waals surface area contributed by atoms with Crippen LogP contribution in [0.2, 0.25) is 0 Å². The second-order valence-electron chi connectivity index (χ2n) is 3.59. The predicted molar refractivity (Wildman–Crippen MR) is 62.6 cm³/mol. The third-order valence-corrected chi connectivity index (χ3v) is 2.78. The van der Waals surface area contributed by atoms with Gasteiger partial charge in [0, 0.05) is 17.9 Å². The molecular formula is C11H11NO3S. The van der Waals surface area contributed by atoms with E-state index in [-0.39, 0.29) is 0 Å². The molecule has 2 aromatic rings. The topological polar surface area (TPSA) is 44.5 Å². The van der Waals surface area contributed by atoms with Crippen LogP contribution in [0.25, 0.3) is 11.0 Å². The van der Waals surface area contributed by atoms with E-state index in [1.165, 1.54) is 0 Å². The number of hydrogen-bond acceptors (Lipinski definition) is 5. The van der Waals surface area contributed by atoms with Crippen LogP contribution in [0.4, 0.5) is 0 Å². The van der Waals surface area contributed by atoms with E-state index in [0.29, 0.717) is 13.2 Å². The number of aromatic nitrogens is 1. The normalized spacial score (nSPS) is 14.3. The van der Waals surface area contributed by atoms with Crippen molar-refractivity contribution in [3.8, 4) is 11.5 Å². The lowest BCUT2D eigenvalue weighted by molar-refractivity contribution is 0.172. The van der Waals surface area contributed by atoms with Crippen molar-refractivity contribution < 1.29 is 14.0 Å². The highest BCUT2D eigenvalue weighted by Gasteiger charge is 2.16. The number of thiol groups is 1. The summed E-state index contributed by atoms with van der Waals surface area (Å²) in [5.74, 6) is 2.24. The van der Waals surface area contributed by atoms with Gasteiger partial charge < -0.3 is 14.0 Å². The molecule has 0 bridgehead atoms. The summed E-state index contributed by atoms with van der Waals surface area (Å²) in [5, 5.41) is 5.01. The predicted octanol–water partition coefficient (Wildman–Crippen LogP) is 2.07. The zero-order valence-electron chi connectivity index (χ0n) is 8.60. The molecule has 16 heavy (non-hydrogen) atoms. The molecule has 0 fully saturated rings. The first kappa shape index (κ1) is 9.84. The van der Waals surface area contributed by atoms with Gasteiger partial charge in [-0.2, -0.15) is 12.6 Å². The highest BCUT2D eigenvalue weighted by molar-refractivity contribution is 7.80. The summed E-state index contributed by atoms with van der Waals surface area (Å²) in [6, 6.07) is 3.76. The molecule has 0 saturated heterocycles. The average molecular weight is 237 g/mol. The molecule has 0 aliphatic carbocycles. The standard InChI is InChI=1S/C11H11NO3S/c16-4-1-8-7-5-10-11(14-3-2-13-10)6-9(7)15-12-8/h5-6,16H,1-4H2. The Bertz CT molecular complexity index is 523. The quantitative estimate of drug-likeness (QED) is 0.812. The van der Waals surface area contributed by atoms with Gasteiger partial charge in [-0.15, -0.1) is 0 Å². The molecule has 1 aliphatic heterocycles. The smallest absolute Gasteiger partial charge is 0.171 e. The molecule has 5 heteroatoms. The Morgan fingerprint density at radius 3 is 2.69 bits per heavy atom. The first-order chi connectivity index (χ1) is 7.88. The van der Waals surface area contributed by atoms with Gasteiger partial charge in [0.25, 0.3) is 0 Å². The molecule has 0 atom stereocenters. The van der Waals surface area contributed by atoms with Crippen molar-refractivity contribution >= 4 is 23.6 Å². The van der Waals surface area contributed by atoms with E-state index in [0.717, 1.165) is 40.3 Å². The third-order valence-electron chi connectivity index (χ3n) is 2.56. The lowest BCUT2D eigenvalue weighted by Gasteiger charge is -2.17. The summed E-state index contributed by atoms with van der Waals surface area (Å²) in [7, 11) is 0. The Hall–Kier alpha value is -1.36. The van der Waals surface area contributed by atoms with E-state index < -0.39 is 0 Å². The van der Waals surface area contributed by atoms with Crippen molar-refractivity contribution in [1.82, 2.24) is 5.16 Å². The molecule has 1 aliphatic rings. The Morgan fingerprint density at radius 1 is 1.19 bits per heavy atom. The molecule has 1 aromatic heterocycles. The maximum Gasteiger partial charge on any atom is 0.171 e. The minimum Gasteiger partial charge on any atom is -0.486 e. The fourth-order valence-electron chi connectivity index (χ4n) is 1.81. The van der Waals surface area contributed by atoms with Crippen molar-refractivity contribution in [2.24, 2.45) is 0 Å². The maximum atomic E-state index is 5.52. The van der Waals surface area contributed by atoms with Crippen LogP contribution in [0.1, 0.15) is 5.69 Å². The second-order valence-corrected chi connectivity index (χ2v) is 4.04. The number of aryl methyl sites for hydroxylation is 1. The summed E-state index contributed by atoms with van der Waals surface area (Å²) in [6.45, 7) is 1.17. The fraction of sp³-hybridized carbons (Fsp3) is 0.364. The molecule has 4 nitrogen and oxygen atoms in total. The fourth-order valence-corrected chi connectivity index (χ4v) is 2.02. The lowest BCUT2D eigenvalue weighted by Crippen LogP contribution is -2.15. The van der Waals surface area contributed by atoms with Gasteiger partial charge in [0.2, 0.25) is 0 Å². The Kier molecular flexibility index (Phi) is 2.40. The second kappa shape index (κ2) is 3.90. The molecule has 0 N–H and O–H groups in total. The molecule has 3 rings (SSSR count). The zero-order chi connectivity index (χ0) is 11.0.